The number of nitrogens with zero attached hydrogens (tertiary/aromatic N) is 2. The van der Waals surface area contributed by atoms with E-state index in [1.54, 1.807) is 6.07 Å². The zero-order valence-corrected chi connectivity index (χ0v) is 20.6. The molecule has 3 heterocycles. The molecule has 2 bridgehead atoms. The van der Waals surface area contributed by atoms with Gasteiger partial charge in [-0.3, -0.25) is 4.90 Å². The Morgan fingerprint density at radius 1 is 1.22 bits per heavy atom. The second-order valence-corrected chi connectivity index (χ2v) is 11.2. The predicted octanol–water partition coefficient (Wildman–Crippen LogP) is 2.90. The first-order valence-electron chi connectivity index (χ1n) is 12.6. The topological polar surface area (TPSA) is 133 Å². The van der Waals surface area contributed by atoms with Crippen molar-refractivity contribution in [2.75, 3.05) is 13.1 Å². The van der Waals surface area contributed by atoms with Gasteiger partial charge < -0.3 is 31.4 Å². The number of hydrogen-bond acceptors (Lipinski definition) is 5. The van der Waals surface area contributed by atoms with E-state index in [1.165, 1.54) is 18.4 Å². The Balaban J connectivity index is 0.00000220. The highest BCUT2D eigenvalue weighted by atomic mass is 35.5. The number of guanidine groups is 1. The number of nitrogens with two attached hydrogens (primary N) is 2. The predicted molar refractivity (Wildman–Crippen MR) is 139 cm³/mol. The SMILES string of the molecule is Cl.NC(N)=Nc1ccc2[nH]c3c(c2c1)C[C@@]1(O)C2Cc4ccc(O)c5c4[C@@]1(CCN2CC1CC1)C3O5. The minimum Gasteiger partial charge on any atom is -0.504 e. The van der Waals surface area contributed by atoms with Gasteiger partial charge in [-0.15, -0.1) is 12.4 Å². The van der Waals surface area contributed by atoms with Gasteiger partial charge in [0.1, 0.15) is 0 Å². The van der Waals surface area contributed by atoms with Gasteiger partial charge in [0.15, 0.2) is 23.6 Å². The van der Waals surface area contributed by atoms with Crippen molar-refractivity contribution in [3.05, 3.63) is 52.7 Å². The minimum atomic E-state index is -1.01. The molecule has 2 aliphatic heterocycles. The first-order chi connectivity index (χ1) is 16.9. The van der Waals surface area contributed by atoms with Crippen LogP contribution in [0.3, 0.4) is 0 Å². The first-order valence-corrected chi connectivity index (χ1v) is 12.6. The molecule has 1 spiro atoms. The zero-order chi connectivity index (χ0) is 23.7. The molecule has 0 radical (unpaired) electrons. The van der Waals surface area contributed by atoms with E-state index >= 15 is 0 Å². The standard InChI is InChI=1S/C27H29N5O3.ClH/c28-25(29)30-15-4-5-18-16(10-15)17-11-27(34)20-9-14-3-6-19(33)23-21(14)26(27,24(35-23)22(17)31-18)7-8-32(20)12-13-1-2-13;/h3-6,10,13,20,24,31,33-34H,1-2,7-9,11-12H2,(H4,28,29,30);1H/t20?,24?,26-,27+;/m0./s1. The fourth-order valence-electron chi connectivity index (χ4n) is 7.83. The van der Waals surface area contributed by atoms with Gasteiger partial charge in [-0.05, 0) is 73.5 Å². The number of piperidine rings is 1. The highest BCUT2D eigenvalue weighted by Gasteiger charge is 2.72. The number of aliphatic hydroxyl groups is 1. The molecule has 3 aliphatic carbocycles. The molecule has 188 valence electrons. The second kappa shape index (κ2) is 7.09. The maximum absolute atomic E-state index is 12.9. The lowest BCUT2D eigenvalue weighted by atomic mass is 9.49. The largest absolute Gasteiger partial charge is 0.504 e. The molecular weight excluding hydrogens is 478 g/mol. The molecule has 7 N–H and O–H groups in total. The van der Waals surface area contributed by atoms with Crippen molar-refractivity contribution in [1.29, 1.82) is 0 Å². The van der Waals surface area contributed by atoms with E-state index in [0.717, 1.165) is 59.6 Å². The van der Waals surface area contributed by atoms with E-state index in [2.05, 4.69) is 14.9 Å². The van der Waals surface area contributed by atoms with Crippen LogP contribution < -0.4 is 16.2 Å². The fourth-order valence-corrected chi connectivity index (χ4v) is 7.83. The van der Waals surface area contributed by atoms with Crippen LogP contribution in [-0.2, 0) is 18.3 Å². The van der Waals surface area contributed by atoms with Crippen LogP contribution in [0, 0.1) is 5.92 Å². The number of benzene rings is 2. The van der Waals surface area contributed by atoms with Gasteiger partial charge >= 0.3 is 0 Å². The maximum Gasteiger partial charge on any atom is 0.191 e. The van der Waals surface area contributed by atoms with Crippen LogP contribution in [0.15, 0.2) is 35.3 Å². The lowest BCUT2D eigenvalue weighted by Crippen LogP contribution is -2.74. The van der Waals surface area contributed by atoms with Crippen LogP contribution in [0.1, 0.15) is 47.8 Å². The summed E-state index contributed by atoms with van der Waals surface area (Å²) in [6.45, 7) is 1.98. The van der Waals surface area contributed by atoms with Gasteiger partial charge in [0.2, 0.25) is 0 Å². The molecule has 0 amide bonds. The number of aromatic nitrogens is 1. The molecule has 8 rings (SSSR count). The summed E-state index contributed by atoms with van der Waals surface area (Å²) in [5.74, 6) is 1.46. The van der Waals surface area contributed by atoms with Crippen LogP contribution in [0.5, 0.6) is 11.5 Å². The van der Waals surface area contributed by atoms with Crippen molar-refractivity contribution in [1.82, 2.24) is 9.88 Å². The third kappa shape index (κ3) is 2.59. The average molecular weight is 508 g/mol. The summed E-state index contributed by atoms with van der Waals surface area (Å²) in [4.78, 5) is 10.4. The first kappa shape index (κ1) is 22.3. The molecule has 4 atom stereocenters. The van der Waals surface area contributed by atoms with Gasteiger partial charge in [-0.25, -0.2) is 4.99 Å². The molecule has 36 heavy (non-hydrogen) atoms. The van der Waals surface area contributed by atoms with Crippen molar-refractivity contribution in [2.45, 2.75) is 55.3 Å². The molecule has 1 saturated heterocycles. The lowest BCUT2D eigenvalue weighted by Gasteiger charge is -2.62. The number of phenolic OH excluding ortho intramolecular Hbond substituents is 1. The Morgan fingerprint density at radius 3 is 2.83 bits per heavy atom. The van der Waals surface area contributed by atoms with E-state index in [4.69, 9.17) is 16.2 Å². The molecule has 8 nitrogen and oxygen atoms in total. The number of nitrogens with one attached hydrogen (secondary N) is 1. The van der Waals surface area contributed by atoms with Crippen LogP contribution >= 0.6 is 12.4 Å². The molecule has 1 saturated carbocycles. The second-order valence-electron chi connectivity index (χ2n) is 11.2. The van der Waals surface area contributed by atoms with Crippen molar-refractivity contribution >= 4 is 35.0 Å². The number of likely N-dealkylation sites (tertiary alicyclic amines) is 1. The number of ether oxygens (including phenoxy) is 1. The molecule has 5 aliphatic rings. The van der Waals surface area contributed by atoms with Gasteiger partial charge in [-0.1, -0.05) is 6.07 Å². The van der Waals surface area contributed by atoms with Crippen molar-refractivity contribution in [3.63, 3.8) is 0 Å². The van der Waals surface area contributed by atoms with Crippen LogP contribution in [0.4, 0.5) is 5.69 Å². The highest BCUT2D eigenvalue weighted by Crippen LogP contribution is 2.69. The quantitative estimate of drug-likeness (QED) is 0.273. The molecule has 2 aromatic carbocycles. The summed E-state index contributed by atoms with van der Waals surface area (Å²) >= 11 is 0. The highest BCUT2D eigenvalue weighted by molar-refractivity contribution is 5.90. The Bertz CT molecular complexity index is 1460. The molecule has 9 heteroatoms. The Hall–Kier alpha value is -2.94. The van der Waals surface area contributed by atoms with E-state index in [1.807, 2.05) is 24.3 Å². The van der Waals surface area contributed by atoms with Gasteiger partial charge in [0.05, 0.1) is 22.4 Å². The van der Waals surface area contributed by atoms with E-state index in [9.17, 15) is 10.2 Å². The number of halogens is 1. The Labute approximate surface area is 214 Å². The molecule has 1 aromatic heterocycles. The number of aromatic hydroxyl groups is 1. The number of fused-ring (bicyclic) bond motifs is 4. The number of aromatic amines is 1. The minimum absolute atomic E-state index is 0. The summed E-state index contributed by atoms with van der Waals surface area (Å²) in [5.41, 5.74) is 15.6. The monoisotopic (exact) mass is 507 g/mol. The molecule has 2 unspecified atom stereocenters. The third-order valence-electron chi connectivity index (χ3n) is 9.40. The van der Waals surface area contributed by atoms with Gasteiger partial charge in [-0.2, -0.15) is 0 Å². The summed E-state index contributed by atoms with van der Waals surface area (Å²) in [6.07, 6.45) is 4.27. The summed E-state index contributed by atoms with van der Waals surface area (Å²) in [7, 11) is 0. The molecule has 3 aromatic rings. The van der Waals surface area contributed by atoms with Crippen LogP contribution in [-0.4, -0.2) is 50.8 Å². The normalized spacial score (nSPS) is 31.2. The number of phenols is 1. The van der Waals surface area contributed by atoms with E-state index < -0.39 is 11.0 Å². The maximum atomic E-state index is 12.9. The average Bonchev–Trinajstić information content (AvgIpc) is 3.46. The van der Waals surface area contributed by atoms with Crippen molar-refractivity contribution in [2.24, 2.45) is 22.4 Å². The van der Waals surface area contributed by atoms with Gasteiger partial charge in [0, 0.05) is 35.5 Å². The number of aliphatic imine (C=N–C) groups is 1. The molecule has 2 fully saturated rings. The van der Waals surface area contributed by atoms with Crippen LogP contribution in [0.2, 0.25) is 0 Å². The summed E-state index contributed by atoms with van der Waals surface area (Å²) < 4.78 is 6.63. The summed E-state index contributed by atoms with van der Waals surface area (Å²) in [5, 5.41) is 24.7. The molecular formula is C27H30ClN5O3. The number of hydrogen-bond donors (Lipinski definition) is 5. The fraction of sp³-hybridized carbons (Fsp3) is 0.444. The smallest absolute Gasteiger partial charge is 0.191 e. The lowest BCUT2D eigenvalue weighted by molar-refractivity contribution is -0.173. The van der Waals surface area contributed by atoms with Crippen LogP contribution in [0.25, 0.3) is 10.9 Å². The van der Waals surface area contributed by atoms with E-state index in [0.29, 0.717) is 17.9 Å². The number of rotatable bonds is 3. The van der Waals surface area contributed by atoms with Crippen molar-refractivity contribution in [3.8, 4) is 11.5 Å². The Morgan fingerprint density at radius 2 is 2.06 bits per heavy atom. The Kier molecular flexibility index (Phi) is 4.38. The zero-order valence-electron chi connectivity index (χ0n) is 19.8. The van der Waals surface area contributed by atoms with Crippen molar-refractivity contribution < 1.29 is 14.9 Å². The number of H-pyrrole nitrogens is 1. The van der Waals surface area contributed by atoms with E-state index in [-0.39, 0.29) is 36.3 Å². The van der Waals surface area contributed by atoms with Gasteiger partial charge in [0.25, 0.3) is 0 Å². The summed E-state index contributed by atoms with van der Waals surface area (Å²) in [6, 6.07) is 9.64. The third-order valence-corrected chi connectivity index (χ3v) is 9.40.